The van der Waals surface area contributed by atoms with Crippen molar-refractivity contribution in [1.29, 1.82) is 5.26 Å². The van der Waals surface area contributed by atoms with Crippen LogP contribution >= 0.6 is 11.6 Å². The third-order valence-corrected chi connectivity index (χ3v) is 4.69. The first kappa shape index (κ1) is 19.1. The topological polar surface area (TPSA) is 73.6 Å². The van der Waals surface area contributed by atoms with Gasteiger partial charge >= 0.3 is 0 Å². The van der Waals surface area contributed by atoms with Gasteiger partial charge in [-0.25, -0.2) is 0 Å². The van der Waals surface area contributed by atoms with E-state index in [2.05, 4.69) is 0 Å². The Morgan fingerprint density at radius 3 is 2.68 bits per heavy atom. The second-order valence-corrected chi connectivity index (χ2v) is 6.52. The minimum absolute atomic E-state index is 0.0442. The SMILES string of the molecule is COc1ccc(Cl)cc1C(=O)N1CCC(C(=O)N(C)CCC#N)CC1. The van der Waals surface area contributed by atoms with Crippen molar-refractivity contribution < 1.29 is 14.3 Å². The molecule has 0 aromatic heterocycles. The summed E-state index contributed by atoms with van der Waals surface area (Å²) in [5.41, 5.74) is 0.436. The molecule has 1 heterocycles. The first-order valence-corrected chi connectivity index (χ1v) is 8.60. The molecule has 134 valence electrons. The number of amides is 2. The third kappa shape index (κ3) is 4.64. The molecule has 1 fully saturated rings. The van der Waals surface area contributed by atoms with Crippen molar-refractivity contribution in [3.63, 3.8) is 0 Å². The Balaban J connectivity index is 1.98. The minimum Gasteiger partial charge on any atom is -0.496 e. The summed E-state index contributed by atoms with van der Waals surface area (Å²) in [6.07, 6.45) is 1.56. The van der Waals surface area contributed by atoms with E-state index in [1.807, 2.05) is 6.07 Å². The number of benzene rings is 1. The van der Waals surface area contributed by atoms with E-state index in [-0.39, 0.29) is 17.7 Å². The van der Waals surface area contributed by atoms with Crippen LogP contribution in [0.25, 0.3) is 0 Å². The standard InChI is InChI=1S/C18H22ClN3O3/c1-21(9-3-8-20)17(23)13-6-10-22(11-7-13)18(24)15-12-14(19)4-5-16(15)25-2/h4-5,12-13H,3,6-7,9-11H2,1-2H3. The van der Waals surface area contributed by atoms with Crippen LogP contribution in [0.4, 0.5) is 0 Å². The highest BCUT2D eigenvalue weighted by Gasteiger charge is 2.30. The fourth-order valence-corrected chi connectivity index (χ4v) is 3.16. The highest BCUT2D eigenvalue weighted by atomic mass is 35.5. The summed E-state index contributed by atoms with van der Waals surface area (Å²) >= 11 is 6.00. The molecule has 0 bridgehead atoms. The molecule has 1 aliphatic rings. The van der Waals surface area contributed by atoms with Crippen LogP contribution in [0.3, 0.4) is 0 Å². The highest BCUT2D eigenvalue weighted by molar-refractivity contribution is 6.31. The summed E-state index contributed by atoms with van der Waals surface area (Å²) in [7, 11) is 3.23. The average Bonchev–Trinajstić information content (AvgIpc) is 2.65. The molecule has 0 saturated carbocycles. The van der Waals surface area contributed by atoms with E-state index in [1.54, 1.807) is 35.0 Å². The Hall–Kier alpha value is -2.26. The van der Waals surface area contributed by atoms with Gasteiger partial charge in [0.25, 0.3) is 5.91 Å². The number of rotatable bonds is 5. The van der Waals surface area contributed by atoms with E-state index >= 15 is 0 Å². The largest absolute Gasteiger partial charge is 0.496 e. The van der Waals surface area contributed by atoms with Crippen molar-refractivity contribution >= 4 is 23.4 Å². The fraction of sp³-hybridized carbons (Fsp3) is 0.500. The molecule has 2 amide bonds. The molecule has 1 aromatic rings. The van der Waals surface area contributed by atoms with Gasteiger partial charge in [0.2, 0.25) is 5.91 Å². The van der Waals surface area contributed by atoms with Crippen LogP contribution in [0.1, 0.15) is 29.6 Å². The van der Waals surface area contributed by atoms with Crippen LogP contribution in [-0.2, 0) is 4.79 Å². The number of hydrogen-bond acceptors (Lipinski definition) is 4. The van der Waals surface area contributed by atoms with Crippen LogP contribution in [-0.4, -0.2) is 55.4 Å². The summed E-state index contributed by atoms with van der Waals surface area (Å²) in [5.74, 6) is 0.295. The zero-order chi connectivity index (χ0) is 18.4. The van der Waals surface area contributed by atoms with Gasteiger partial charge in [-0.15, -0.1) is 0 Å². The van der Waals surface area contributed by atoms with Crippen LogP contribution in [0, 0.1) is 17.2 Å². The molecule has 2 rings (SSSR count). The fourth-order valence-electron chi connectivity index (χ4n) is 2.99. The molecule has 7 heteroatoms. The highest BCUT2D eigenvalue weighted by Crippen LogP contribution is 2.27. The van der Waals surface area contributed by atoms with Crippen LogP contribution in [0.2, 0.25) is 5.02 Å². The number of hydrogen-bond donors (Lipinski definition) is 0. The van der Waals surface area contributed by atoms with Crippen molar-refractivity contribution in [3.8, 4) is 11.8 Å². The average molecular weight is 364 g/mol. The molecule has 6 nitrogen and oxygen atoms in total. The maximum Gasteiger partial charge on any atom is 0.257 e. The number of ether oxygens (including phenoxy) is 1. The van der Waals surface area contributed by atoms with Gasteiger partial charge in [-0.1, -0.05) is 11.6 Å². The maximum absolute atomic E-state index is 12.7. The Kier molecular flexibility index (Phi) is 6.65. The number of methoxy groups -OCH3 is 1. The number of halogens is 1. The molecule has 0 unspecified atom stereocenters. The summed E-state index contributed by atoms with van der Waals surface area (Å²) in [4.78, 5) is 28.4. The number of piperidine rings is 1. The molecular weight excluding hydrogens is 342 g/mol. The predicted molar refractivity (Wildman–Crippen MR) is 94.5 cm³/mol. The van der Waals surface area contributed by atoms with Gasteiger partial charge in [-0.3, -0.25) is 9.59 Å². The van der Waals surface area contributed by atoms with E-state index in [1.165, 1.54) is 7.11 Å². The van der Waals surface area contributed by atoms with Gasteiger partial charge in [-0.2, -0.15) is 5.26 Å². The van der Waals surface area contributed by atoms with Crippen molar-refractivity contribution in [2.45, 2.75) is 19.3 Å². The van der Waals surface area contributed by atoms with Gasteiger partial charge in [-0.05, 0) is 31.0 Å². The smallest absolute Gasteiger partial charge is 0.257 e. The van der Waals surface area contributed by atoms with Crippen LogP contribution in [0.5, 0.6) is 5.75 Å². The van der Waals surface area contributed by atoms with Crippen LogP contribution < -0.4 is 4.74 Å². The molecule has 0 N–H and O–H groups in total. The van der Waals surface area contributed by atoms with E-state index < -0.39 is 0 Å². The third-order valence-electron chi connectivity index (χ3n) is 4.46. The number of nitrogens with zero attached hydrogens (tertiary/aromatic N) is 3. The van der Waals surface area contributed by atoms with E-state index in [9.17, 15) is 9.59 Å². The molecular formula is C18H22ClN3O3. The first-order valence-electron chi connectivity index (χ1n) is 8.22. The molecule has 1 aliphatic heterocycles. The maximum atomic E-state index is 12.7. The lowest BCUT2D eigenvalue weighted by atomic mass is 9.94. The molecule has 0 aliphatic carbocycles. The normalized spacial score (nSPS) is 14.7. The van der Waals surface area contributed by atoms with Gasteiger partial charge in [0, 0.05) is 37.6 Å². The van der Waals surface area contributed by atoms with Gasteiger partial charge in [0.15, 0.2) is 0 Å². The quantitative estimate of drug-likeness (QED) is 0.805. The molecule has 1 saturated heterocycles. The van der Waals surface area contributed by atoms with E-state index in [0.717, 1.165) is 0 Å². The summed E-state index contributed by atoms with van der Waals surface area (Å²) in [5, 5.41) is 9.10. The summed E-state index contributed by atoms with van der Waals surface area (Å²) in [6.45, 7) is 1.46. The first-order chi connectivity index (χ1) is 12.0. The lowest BCUT2D eigenvalue weighted by Gasteiger charge is -2.33. The molecule has 0 atom stereocenters. The monoisotopic (exact) mass is 363 g/mol. The second kappa shape index (κ2) is 8.72. The van der Waals surface area contributed by atoms with Crippen molar-refractivity contribution in [1.82, 2.24) is 9.80 Å². The Morgan fingerprint density at radius 2 is 2.08 bits per heavy atom. The molecule has 0 spiro atoms. The molecule has 25 heavy (non-hydrogen) atoms. The van der Waals surface area contributed by atoms with Crippen molar-refractivity contribution in [2.24, 2.45) is 5.92 Å². The number of carbonyl (C=O) groups is 2. The minimum atomic E-state index is -0.136. The summed E-state index contributed by atoms with van der Waals surface area (Å²) in [6, 6.07) is 7.01. The van der Waals surface area contributed by atoms with Crippen molar-refractivity contribution in [2.75, 3.05) is 33.8 Å². The van der Waals surface area contributed by atoms with E-state index in [0.29, 0.717) is 55.2 Å². The number of likely N-dealkylation sites (tertiary alicyclic amines) is 1. The summed E-state index contributed by atoms with van der Waals surface area (Å²) < 4.78 is 5.25. The van der Waals surface area contributed by atoms with Crippen LogP contribution in [0.15, 0.2) is 18.2 Å². The van der Waals surface area contributed by atoms with Gasteiger partial charge in [0.05, 0.1) is 25.2 Å². The number of carbonyl (C=O) groups excluding carboxylic acids is 2. The predicted octanol–water partition coefficient (Wildman–Crippen LogP) is 2.57. The Morgan fingerprint density at radius 1 is 1.40 bits per heavy atom. The van der Waals surface area contributed by atoms with Gasteiger partial charge in [0.1, 0.15) is 5.75 Å². The Labute approximate surface area is 152 Å². The molecule has 0 radical (unpaired) electrons. The van der Waals surface area contributed by atoms with E-state index in [4.69, 9.17) is 21.6 Å². The lowest BCUT2D eigenvalue weighted by molar-refractivity contribution is -0.135. The zero-order valence-corrected chi connectivity index (χ0v) is 15.3. The van der Waals surface area contributed by atoms with Gasteiger partial charge < -0.3 is 14.5 Å². The number of nitriles is 1. The molecule has 1 aromatic carbocycles. The zero-order valence-electron chi connectivity index (χ0n) is 14.5. The second-order valence-electron chi connectivity index (χ2n) is 6.08. The Bertz CT molecular complexity index is 679. The van der Waals surface area contributed by atoms with Crippen molar-refractivity contribution in [3.05, 3.63) is 28.8 Å². The lowest BCUT2D eigenvalue weighted by Crippen LogP contribution is -2.43.